The Kier molecular flexibility index (Phi) is 7.46. The van der Waals surface area contributed by atoms with Gasteiger partial charge >= 0.3 is 0 Å². The summed E-state index contributed by atoms with van der Waals surface area (Å²) in [6.45, 7) is 0. The molecule has 7 aromatic carbocycles. The first-order valence-corrected chi connectivity index (χ1v) is 17.3. The molecule has 0 saturated heterocycles. The molecule has 1 heterocycles. The van der Waals surface area contributed by atoms with Gasteiger partial charge in [0.15, 0.2) is 0 Å². The van der Waals surface area contributed by atoms with E-state index in [9.17, 15) is 5.26 Å². The Labute approximate surface area is 298 Å². The maximum absolute atomic E-state index is 9.31. The Morgan fingerprint density at radius 1 is 0.392 bits per heavy atom. The van der Waals surface area contributed by atoms with Gasteiger partial charge in [-0.2, -0.15) is 5.26 Å². The van der Waals surface area contributed by atoms with Crippen LogP contribution in [0.15, 0.2) is 194 Å². The zero-order valence-electron chi connectivity index (χ0n) is 27.9. The van der Waals surface area contributed by atoms with E-state index >= 15 is 0 Å². The van der Waals surface area contributed by atoms with Crippen molar-refractivity contribution in [1.29, 1.82) is 5.26 Å². The summed E-state index contributed by atoms with van der Waals surface area (Å²) in [7, 11) is 0. The van der Waals surface area contributed by atoms with Crippen molar-refractivity contribution in [1.82, 2.24) is 4.98 Å². The molecule has 0 aliphatic heterocycles. The summed E-state index contributed by atoms with van der Waals surface area (Å²) < 4.78 is 0. The van der Waals surface area contributed by atoms with E-state index in [0.717, 1.165) is 33.5 Å². The van der Waals surface area contributed by atoms with Gasteiger partial charge in [-0.1, -0.05) is 152 Å². The predicted octanol–water partition coefficient (Wildman–Crippen LogP) is 12.0. The SMILES string of the molecule is N#Cc1ccc(-c2ccc(-c3cc4c(cc3-c3ccc(-c5ccccn5)cc3)-c3ccccc3C4(c3ccccc3)c3ccccc3)cc2)cc1. The van der Waals surface area contributed by atoms with Crippen molar-refractivity contribution >= 4 is 0 Å². The quantitative estimate of drug-likeness (QED) is 0.180. The van der Waals surface area contributed by atoms with Crippen LogP contribution in [0.4, 0.5) is 0 Å². The third-order valence-electron chi connectivity index (χ3n) is 10.3. The van der Waals surface area contributed by atoms with Gasteiger partial charge in [0.1, 0.15) is 0 Å². The molecule has 1 aromatic heterocycles. The fourth-order valence-electron chi connectivity index (χ4n) is 7.90. The Bertz CT molecular complexity index is 2490. The molecule has 8 aromatic rings. The monoisotopic (exact) mass is 648 g/mol. The lowest BCUT2D eigenvalue weighted by Gasteiger charge is -2.34. The van der Waals surface area contributed by atoms with E-state index < -0.39 is 5.41 Å². The first kappa shape index (κ1) is 30.3. The summed E-state index contributed by atoms with van der Waals surface area (Å²) in [4.78, 5) is 4.59. The number of hydrogen-bond acceptors (Lipinski definition) is 2. The van der Waals surface area contributed by atoms with E-state index in [1.807, 2.05) is 42.6 Å². The molecule has 0 N–H and O–H groups in total. The summed E-state index contributed by atoms with van der Waals surface area (Å²) in [6.07, 6.45) is 1.84. The number of pyridine rings is 1. The van der Waals surface area contributed by atoms with Crippen LogP contribution in [-0.4, -0.2) is 4.98 Å². The Morgan fingerprint density at radius 2 is 0.902 bits per heavy atom. The molecule has 0 unspecified atom stereocenters. The second-order valence-corrected chi connectivity index (χ2v) is 13.0. The zero-order valence-corrected chi connectivity index (χ0v) is 27.9. The molecule has 1 aliphatic rings. The summed E-state index contributed by atoms with van der Waals surface area (Å²) in [5.74, 6) is 0. The van der Waals surface area contributed by atoms with Gasteiger partial charge in [0.2, 0.25) is 0 Å². The zero-order chi connectivity index (χ0) is 34.2. The van der Waals surface area contributed by atoms with Crippen LogP contribution >= 0.6 is 0 Å². The molecule has 0 bridgehead atoms. The number of aromatic nitrogens is 1. The van der Waals surface area contributed by atoms with Gasteiger partial charge in [-0.05, 0) is 103 Å². The van der Waals surface area contributed by atoms with Crippen molar-refractivity contribution in [3.05, 3.63) is 222 Å². The Morgan fingerprint density at radius 3 is 1.49 bits per heavy atom. The van der Waals surface area contributed by atoms with Crippen molar-refractivity contribution in [2.75, 3.05) is 0 Å². The van der Waals surface area contributed by atoms with E-state index in [4.69, 9.17) is 0 Å². The van der Waals surface area contributed by atoms with Crippen LogP contribution in [0, 0.1) is 11.3 Å². The molecule has 9 rings (SSSR count). The molecule has 238 valence electrons. The normalized spacial score (nSPS) is 12.5. The maximum atomic E-state index is 9.31. The number of benzene rings is 7. The summed E-state index contributed by atoms with van der Waals surface area (Å²) in [6, 6.07) is 69.4. The van der Waals surface area contributed by atoms with E-state index in [-0.39, 0.29) is 0 Å². The lowest BCUT2D eigenvalue weighted by molar-refractivity contribution is 0.769. The third kappa shape index (κ3) is 5.07. The van der Waals surface area contributed by atoms with Gasteiger partial charge in [-0.15, -0.1) is 0 Å². The van der Waals surface area contributed by atoms with Crippen LogP contribution in [0.1, 0.15) is 27.8 Å². The van der Waals surface area contributed by atoms with E-state index in [2.05, 4.69) is 163 Å². The van der Waals surface area contributed by atoms with Gasteiger partial charge < -0.3 is 0 Å². The van der Waals surface area contributed by atoms with Crippen LogP contribution in [0.25, 0.3) is 55.8 Å². The highest BCUT2D eigenvalue weighted by Gasteiger charge is 2.46. The van der Waals surface area contributed by atoms with Crippen LogP contribution in [0.5, 0.6) is 0 Å². The number of nitrogens with zero attached hydrogens (tertiary/aromatic N) is 2. The molecular formula is C49H32N2. The molecule has 0 radical (unpaired) electrons. The Balaban J connectivity index is 1.29. The van der Waals surface area contributed by atoms with Crippen LogP contribution in [-0.2, 0) is 5.41 Å². The molecular weight excluding hydrogens is 617 g/mol. The van der Waals surface area contributed by atoms with Crippen LogP contribution < -0.4 is 0 Å². The highest BCUT2D eigenvalue weighted by atomic mass is 14.7. The van der Waals surface area contributed by atoms with Gasteiger partial charge in [-0.3, -0.25) is 4.98 Å². The van der Waals surface area contributed by atoms with Crippen LogP contribution in [0.3, 0.4) is 0 Å². The summed E-state index contributed by atoms with van der Waals surface area (Å²) in [5.41, 5.74) is 16.6. The fraction of sp³-hybridized carbons (Fsp3) is 0.0204. The number of rotatable bonds is 6. The van der Waals surface area contributed by atoms with Crippen molar-refractivity contribution in [3.63, 3.8) is 0 Å². The molecule has 0 atom stereocenters. The van der Waals surface area contributed by atoms with Crippen molar-refractivity contribution in [3.8, 4) is 61.8 Å². The van der Waals surface area contributed by atoms with Gasteiger partial charge in [-0.25, -0.2) is 0 Å². The van der Waals surface area contributed by atoms with Crippen LogP contribution in [0.2, 0.25) is 0 Å². The molecule has 2 heteroatoms. The average molecular weight is 649 g/mol. The molecule has 2 nitrogen and oxygen atoms in total. The lowest BCUT2D eigenvalue weighted by atomic mass is 9.67. The largest absolute Gasteiger partial charge is 0.256 e. The Hall–Kier alpha value is -6.82. The second kappa shape index (κ2) is 12.6. The van der Waals surface area contributed by atoms with E-state index in [1.54, 1.807) is 0 Å². The molecule has 0 fully saturated rings. The summed E-state index contributed by atoms with van der Waals surface area (Å²) in [5, 5.41) is 9.31. The number of hydrogen-bond donors (Lipinski definition) is 0. The molecule has 0 spiro atoms. The first-order valence-electron chi connectivity index (χ1n) is 17.3. The van der Waals surface area contributed by atoms with Gasteiger partial charge in [0.25, 0.3) is 0 Å². The first-order chi connectivity index (χ1) is 25.2. The smallest absolute Gasteiger partial charge is 0.0991 e. The number of fused-ring (bicyclic) bond motifs is 3. The maximum Gasteiger partial charge on any atom is 0.0991 e. The molecule has 0 saturated carbocycles. The van der Waals surface area contributed by atoms with E-state index in [1.165, 1.54) is 44.5 Å². The van der Waals surface area contributed by atoms with E-state index in [0.29, 0.717) is 5.56 Å². The van der Waals surface area contributed by atoms with Crippen molar-refractivity contribution in [2.24, 2.45) is 0 Å². The minimum Gasteiger partial charge on any atom is -0.256 e. The molecule has 1 aliphatic carbocycles. The highest BCUT2D eigenvalue weighted by molar-refractivity contribution is 5.95. The van der Waals surface area contributed by atoms with Crippen molar-refractivity contribution in [2.45, 2.75) is 5.41 Å². The standard InChI is InChI=1S/C49H32N2/c50-33-34-18-20-35(21-19-34)36-22-24-38(25-23-36)44-32-47-45(31-43(44)37-26-28-39(29-27-37)48-17-9-10-30-51-48)42-15-7-8-16-46(42)49(47,40-11-3-1-4-12-40)41-13-5-2-6-14-41/h1-32H. The van der Waals surface area contributed by atoms with Gasteiger partial charge in [0, 0.05) is 11.8 Å². The molecule has 51 heavy (non-hydrogen) atoms. The topological polar surface area (TPSA) is 36.7 Å². The van der Waals surface area contributed by atoms with Crippen molar-refractivity contribution < 1.29 is 0 Å². The third-order valence-corrected chi connectivity index (χ3v) is 10.3. The number of nitriles is 1. The lowest BCUT2D eigenvalue weighted by Crippen LogP contribution is -2.28. The molecule has 0 amide bonds. The second-order valence-electron chi connectivity index (χ2n) is 13.0. The fourth-order valence-corrected chi connectivity index (χ4v) is 7.90. The highest BCUT2D eigenvalue weighted by Crippen LogP contribution is 2.58. The predicted molar refractivity (Wildman–Crippen MR) is 208 cm³/mol. The summed E-state index contributed by atoms with van der Waals surface area (Å²) >= 11 is 0. The minimum atomic E-state index is -0.493. The van der Waals surface area contributed by atoms with Gasteiger partial charge in [0.05, 0.1) is 22.7 Å². The minimum absolute atomic E-state index is 0.493. The average Bonchev–Trinajstić information content (AvgIpc) is 3.51.